The van der Waals surface area contributed by atoms with Gasteiger partial charge in [0, 0.05) is 6.54 Å². The smallest absolute Gasteiger partial charge is 0.404 e. The second-order valence-corrected chi connectivity index (χ2v) is 5.58. The Hall–Kier alpha value is -1.92. The summed E-state index contributed by atoms with van der Waals surface area (Å²) in [5.41, 5.74) is 6.12. The first-order chi connectivity index (χ1) is 10.3. The molecule has 0 aliphatic heterocycles. The fourth-order valence-corrected chi connectivity index (χ4v) is 2.51. The zero-order chi connectivity index (χ0) is 16.2. The van der Waals surface area contributed by atoms with Crippen molar-refractivity contribution in [3.05, 3.63) is 24.3 Å². The van der Waals surface area contributed by atoms with Gasteiger partial charge >= 0.3 is 6.36 Å². The first kappa shape index (κ1) is 16.5. The highest BCUT2D eigenvalue weighted by molar-refractivity contribution is 5.93. The van der Waals surface area contributed by atoms with Crippen LogP contribution in [0.1, 0.15) is 32.6 Å². The highest BCUT2D eigenvalue weighted by atomic mass is 19.4. The van der Waals surface area contributed by atoms with E-state index in [2.05, 4.69) is 22.0 Å². The summed E-state index contributed by atoms with van der Waals surface area (Å²) in [7, 11) is 0. The number of halogens is 3. The number of rotatable bonds is 5. The van der Waals surface area contributed by atoms with E-state index < -0.39 is 6.36 Å². The molecule has 0 atom stereocenters. The number of ether oxygens (including phenoxy) is 1. The molecule has 1 aliphatic carbocycles. The molecule has 0 radical (unpaired) electrons. The van der Waals surface area contributed by atoms with Gasteiger partial charge < -0.3 is 15.8 Å². The fourth-order valence-electron chi connectivity index (χ4n) is 2.51. The molecule has 1 fully saturated rings. The largest absolute Gasteiger partial charge is 0.573 e. The number of guanidine groups is 1. The lowest BCUT2D eigenvalue weighted by atomic mass is 9.67. The average Bonchev–Trinajstić information content (AvgIpc) is 2.39. The average molecular weight is 315 g/mol. The van der Waals surface area contributed by atoms with Crippen molar-refractivity contribution in [1.82, 2.24) is 0 Å². The van der Waals surface area contributed by atoms with Crippen LogP contribution in [-0.2, 0) is 0 Å². The third-order valence-electron chi connectivity index (χ3n) is 4.12. The van der Waals surface area contributed by atoms with Crippen molar-refractivity contribution in [2.75, 3.05) is 11.9 Å². The lowest BCUT2D eigenvalue weighted by Gasteiger charge is -2.40. The Morgan fingerprint density at radius 3 is 2.59 bits per heavy atom. The minimum Gasteiger partial charge on any atom is -0.404 e. The Morgan fingerprint density at radius 2 is 2.05 bits per heavy atom. The van der Waals surface area contributed by atoms with Crippen molar-refractivity contribution in [3.63, 3.8) is 0 Å². The Kier molecular flexibility index (Phi) is 4.83. The van der Waals surface area contributed by atoms with Crippen molar-refractivity contribution in [1.29, 1.82) is 0 Å². The summed E-state index contributed by atoms with van der Waals surface area (Å²) in [6.07, 6.45) is -0.291. The van der Waals surface area contributed by atoms with Crippen LogP contribution in [-0.4, -0.2) is 18.9 Å². The van der Waals surface area contributed by atoms with Gasteiger partial charge in [0.2, 0.25) is 0 Å². The number of aliphatic imine (C=N–C) groups is 1. The van der Waals surface area contributed by atoms with Gasteiger partial charge in [-0.05, 0) is 36.8 Å². The molecule has 0 bridgehead atoms. The van der Waals surface area contributed by atoms with Crippen LogP contribution in [0.3, 0.4) is 0 Å². The maximum atomic E-state index is 12.4. The van der Waals surface area contributed by atoms with Gasteiger partial charge in [0.1, 0.15) is 0 Å². The van der Waals surface area contributed by atoms with E-state index in [1.54, 1.807) is 6.07 Å². The molecule has 1 aromatic rings. The molecule has 22 heavy (non-hydrogen) atoms. The summed E-state index contributed by atoms with van der Waals surface area (Å²) in [5, 5.41) is 2.68. The van der Waals surface area contributed by atoms with Crippen LogP contribution >= 0.6 is 0 Å². The zero-order valence-corrected chi connectivity index (χ0v) is 12.4. The highest BCUT2D eigenvalue weighted by Gasteiger charge is 2.35. The summed E-state index contributed by atoms with van der Waals surface area (Å²) >= 11 is 0. The van der Waals surface area contributed by atoms with Crippen LogP contribution in [0.25, 0.3) is 0 Å². The van der Waals surface area contributed by atoms with Gasteiger partial charge in [0.05, 0.1) is 5.69 Å². The van der Waals surface area contributed by atoms with E-state index in [-0.39, 0.29) is 22.8 Å². The molecule has 0 aromatic heterocycles. The molecule has 7 heteroatoms. The second kappa shape index (κ2) is 6.46. The minimum absolute atomic E-state index is 0.0953. The number of anilines is 1. The molecule has 2 rings (SSSR count). The van der Waals surface area contributed by atoms with Gasteiger partial charge in [0.15, 0.2) is 11.7 Å². The number of nitrogens with one attached hydrogen (secondary N) is 1. The molecule has 4 nitrogen and oxygen atoms in total. The minimum atomic E-state index is -4.75. The summed E-state index contributed by atoms with van der Waals surface area (Å²) in [5.74, 6) is -0.236. The zero-order valence-electron chi connectivity index (χ0n) is 12.4. The van der Waals surface area contributed by atoms with E-state index in [0.29, 0.717) is 6.54 Å². The molecule has 0 saturated heterocycles. The Labute approximate surface area is 127 Å². The summed E-state index contributed by atoms with van der Waals surface area (Å²) in [6.45, 7) is 2.70. The van der Waals surface area contributed by atoms with Gasteiger partial charge in [-0.25, -0.2) is 0 Å². The Balaban J connectivity index is 2.03. The van der Waals surface area contributed by atoms with Crippen molar-refractivity contribution >= 4 is 11.6 Å². The number of hydrogen-bond acceptors (Lipinski definition) is 2. The molecule has 0 amide bonds. The third-order valence-corrected chi connectivity index (χ3v) is 4.12. The number of nitrogens with zero attached hydrogens (tertiary/aromatic N) is 1. The lowest BCUT2D eigenvalue weighted by molar-refractivity contribution is -0.274. The van der Waals surface area contributed by atoms with E-state index in [0.717, 1.165) is 19.3 Å². The van der Waals surface area contributed by atoms with Crippen LogP contribution in [0.15, 0.2) is 29.3 Å². The van der Waals surface area contributed by atoms with Crippen LogP contribution < -0.4 is 15.8 Å². The first-order valence-electron chi connectivity index (χ1n) is 7.25. The summed E-state index contributed by atoms with van der Waals surface area (Å²) in [6, 6.07) is 5.74. The first-order valence-corrected chi connectivity index (χ1v) is 7.25. The standard InChI is InChI=1S/C15H20F3N3O/c1-2-14(8-5-9-14)10-20-13(19)21-11-6-3-4-7-12(11)22-15(16,17)18/h3-4,6-7H,2,5,8-10H2,1H3,(H3,19,20,21). The van der Waals surface area contributed by atoms with Crippen molar-refractivity contribution in [2.45, 2.75) is 39.0 Å². The highest BCUT2D eigenvalue weighted by Crippen LogP contribution is 2.43. The summed E-state index contributed by atoms with van der Waals surface area (Å²) < 4.78 is 41.0. The van der Waals surface area contributed by atoms with Crippen molar-refractivity contribution in [3.8, 4) is 5.75 Å². The van der Waals surface area contributed by atoms with Crippen molar-refractivity contribution < 1.29 is 17.9 Å². The second-order valence-electron chi connectivity index (χ2n) is 5.58. The number of alkyl halides is 3. The molecule has 0 spiro atoms. The van der Waals surface area contributed by atoms with E-state index in [1.165, 1.54) is 24.6 Å². The lowest BCUT2D eigenvalue weighted by Crippen LogP contribution is -2.34. The van der Waals surface area contributed by atoms with E-state index >= 15 is 0 Å². The topological polar surface area (TPSA) is 59.6 Å². The molecule has 3 N–H and O–H groups in total. The third kappa shape index (κ3) is 4.29. The Bertz CT molecular complexity index is 534. The van der Waals surface area contributed by atoms with Gasteiger partial charge in [-0.2, -0.15) is 0 Å². The fraction of sp³-hybridized carbons (Fsp3) is 0.533. The quantitative estimate of drug-likeness (QED) is 0.640. The number of benzene rings is 1. The monoisotopic (exact) mass is 315 g/mol. The predicted octanol–water partition coefficient (Wildman–Crippen LogP) is 3.89. The molecular weight excluding hydrogens is 295 g/mol. The maximum absolute atomic E-state index is 12.4. The van der Waals surface area contributed by atoms with Gasteiger partial charge in [-0.1, -0.05) is 25.5 Å². The molecule has 1 aromatic carbocycles. The van der Waals surface area contributed by atoms with Gasteiger partial charge in [0.25, 0.3) is 0 Å². The van der Waals surface area contributed by atoms with E-state index in [1.807, 2.05) is 0 Å². The van der Waals surface area contributed by atoms with Gasteiger partial charge in [-0.15, -0.1) is 13.2 Å². The maximum Gasteiger partial charge on any atom is 0.573 e. The predicted molar refractivity (Wildman–Crippen MR) is 79.8 cm³/mol. The van der Waals surface area contributed by atoms with Gasteiger partial charge in [-0.3, -0.25) is 4.99 Å². The molecule has 122 valence electrons. The molecule has 0 heterocycles. The molecule has 0 unspecified atom stereocenters. The molecular formula is C15H20F3N3O. The van der Waals surface area contributed by atoms with Crippen LogP contribution in [0.4, 0.5) is 18.9 Å². The SMILES string of the molecule is CCC1(CN=C(N)Nc2ccccc2OC(F)(F)F)CCC1. The van der Waals surface area contributed by atoms with Crippen LogP contribution in [0, 0.1) is 5.41 Å². The number of para-hydroxylation sites is 2. The normalized spacial score (nSPS) is 17.7. The summed E-state index contributed by atoms with van der Waals surface area (Å²) in [4.78, 5) is 4.27. The van der Waals surface area contributed by atoms with Crippen molar-refractivity contribution in [2.24, 2.45) is 16.1 Å². The van der Waals surface area contributed by atoms with E-state index in [9.17, 15) is 13.2 Å². The molecule has 1 aliphatic rings. The number of nitrogens with two attached hydrogens (primary N) is 1. The molecule has 1 saturated carbocycles. The van der Waals surface area contributed by atoms with E-state index in [4.69, 9.17) is 5.73 Å². The van der Waals surface area contributed by atoms with Crippen LogP contribution in [0.2, 0.25) is 0 Å². The van der Waals surface area contributed by atoms with Crippen LogP contribution in [0.5, 0.6) is 5.75 Å². The Morgan fingerprint density at radius 1 is 1.36 bits per heavy atom. The number of hydrogen-bond donors (Lipinski definition) is 2.